The molecule has 1 atom stereocenters. The van der Waals surface area contributed by atoms with Crippen LogP contribution in [-0.4, -0.2) is 48.9 Å². The van der Waals surface area contributed by atoms with Gasteiger partial charge in [-0.1, -0.05) is 42.5 Å². The number of ether oxygens (including phenoxy) is 1. The first-order chi connectivity index (χ1) is 17.2. The molecule has 4 rings (SSSR count). The average Bonchev–Trinajstić information content (AvgIpc) is 2.86. The van der Waals surface area contributed by atoms with E-state index in [2.05, 4.69) is 4.90 Å². The molecule has 1 aliphatic heterocycles. The quantitative estimate of drug-likeness (QED) is 0.464. The van der Waals surface area contributed by atoms with Crippen molar-refractivity contribution in [3.8, 4) is 0 Å². The van der Waals surface area contributed by atoms with Crippen LogP contribution in [-0.2, 0) is 20.9 Å². The number of nitrogens with zero attached hydrogens (tertiary/aromatic N) is 2. The highest BCUT2D eigenvalue weighted by Crippen LogP contribution is 2.41. The maximum Gasteiger partial charge on any atom is 0.312 e. The van der Waals surface area contributed by atoms with Crippen LogP contribution in [0.1, 0.15) is 50.5 Å². The fraction of sp³-hybridized carbons (Fsp3) is 0.500. The van der Waals surface area contributed by atoms with Crippen molar-refractivity contribution in [3.05, 3.63) is 66.0 Å². The minimum absolute atomic E-state index is 0.0215. The first kappa shape index (κ1) is 26.2. The van der Waals surface area contributed by atoms with Crippen molar-refractivity contribution < 1.29 is 27.5 Å². The van der Waals surface area contributed by atoms with Crippen molar-refractivity contribution in [2.24, 2.45) is 5.41 Å². The van der Waals surface area contributed by atoms with Gasteiger partial charge in [0, 0.05) is 31.8 Å². The molecule has 1 saturated heterocycles. The Labute approximate surface area is 210 Å². The highest BCUT2D eigenvalue weighted by Gasteiger charge is 2.47. The summed E-state index contributed by atoms with van der Waals surface area (Å²) in [6.45, 7) is 1.89. The second-order valence-electron chi connectivity index (χ2n) is 10.0. The molecule has 2 aliphatic rings. The minimum Gasteiger partial charge on any atom is -0.469 e. The van der Waals surface area contributed by atoms with Gasteiger partial charge in [-0.3, -0.25) is 14.5 Å². The number of methoxy groups -OCH3 is 1. The monoisotopic (exact) mass is 502 g/mol. The maximum atomic E-state index is 14.8. The summed E-state index contributed by atoms with van der Waals surface area (Å²) in [5, 5.41) is 0. The summed E-state index contributed by atoms with van der Waals surface area (Å²) in [7, 11) is 1.29. The molecule has 2 aromatic carbocycles. The van der Waals surface area contributed by atoms with Gasteiger partial charge in [0.1, 0.15) is 5.82 Å². The van der Waals surface area contributed by atoms with Crippen LogP contribution in [0, 0.1) is 11.2 Å². The predicted molar refractivity (Wildman–Crippen MR) is 131 cm³/mol. The first-order valence-corrected chi connectivity index (χ1v) is 12.5. The Kier molecular flexibility index (Phi) is 8.03. The molecule has 1 heterocycles. The number of para-hydroxylation sites is 1. The fourth-order valence-electron chi connectivity index (χ4n) is 5.57. The molecule has 1 unspecified atom stereocenters. The molecule has 0 N–H and O–H groups in total. The van der Waals surface area contributed by atoms with Crippen molar-refractivity contribution in [1.82, 2.24) is 4.90 Å². The van der Waals surface area contributed by atoms with Gasteiger partial charge in [-0.15, -0.1) is 0 Å². The van der Waals surface area contributed by atoms with Gasteiger partial charge in [0.15, 0.2) is 0 Å². The Morgan fingerprint density at radius 1 is 1.03 bits per heavy atom. The van der Waals surface area contributed by atoms with Crippen LogP contribution in [0.15, 0.2) is 54.6 Å². The normalized spacial score (nSPS) is 21.5. The van der Waals surface area contributed by atoms with Gasteiger partial charge in [0.25, 0.3) is 0 Å². The number of anilines is 1. The van der Waals surface area contributed by atoms with Crippen molar-refractivity contribution in [3.63, 3.8) is 0 Å². The topological polar surface area (TPSA) is 49.9 Å². The average molecular weight is 503 g/mol. The minimum atomic E-state index is -2.92. The lowest BCUT2D eigenvalue weighted by Crippen LogP contribution is -2.51. The Hall–Kier alpha value is -2.87. The van der Waals surface area contributed by atoms with Crippen LogP contribution in [0.2, 0.25) is 0 Å². The molecule has 1 aliphatic carbocycles. The maximum absolute atomic E-state index is 14.8. The molecule has 0 spiro atoms. The largest absolute Gasteiger partial charge is 0.469 e. The van der Waals surface area contributed by atoms with E-state index in [0.29, 0.717) is 32.4 Å². The number of carbonyl (C=O) groups is 2. The summed E-state index contributed by atoms with van der Waals surface area (Å²) in [5.74, 6) is -4.58. The molecule has 2 aromatic rings. The molecule has 5 nitrogen and oxygen atoms in total. The number of hydrogen-bond donors (Lipinski definition) is 0. The lowest BCUT2D eigenvalue weighted by molar-refractivity contribution is -0.158. The number of hydrogen-bond acceptors (Lipinski definition) is 4. The number of alkyl halides is 2. The van der Waals surface area contributed by atoms with E-state index in [1.165, 1.54) is 30.2 Å². The summed E-state index contributed by atoms with van der Waals surface area (Å²) in [6, 6.07) is 14.9. The van der Waals surface area contributed by atoms with Gasteiger partial charge in [0.2, 0.25) is 11.8 Å². The molecule has 0 radical (unpaired) electrons. The highest BCUT2D eigenvalue weighted by atomic mass is 19.3. The Morgan fingerprint density at radius 2 is 1.69 bits per heavy atom. The first-order valence-electron chi connectivity index (χ1n) is 12.5. The van der Waals surface area contributed by atoms with Gasteiger partial charge in [0.05, 0.1) is 18.2 Å². The summed E-state index contributed by atoms with van der Waals surface area (Å²) in [6.07, 6.45) is 0.400. The SMILES string of the molecule is COC(=O)C1(CC(=O)N(c2ccccc2F)C2CCCC(F)(F)C2)CCN(Cc2ccccc2)CC1. The van der Waals surface area contributed by atoms with E-state index in [9.17, 15) is 22.8 Å². The van der Waals surface area contributed by atoms with Crippen LogP contribution < -0.4 is 4.90 Å². The number of amides is 1. The van der Waals surface area contributed by atoms with E-state index >= 15 is 0 Å². The second kappa shape index (κ2) is 11.0. The molecule has 194 valence electrons. The van der Waals surface area contributed by atoms with E-state index in [4.69, 9.17) is 4.74 Å². The van der Waals surface area contributed by atoms with Crippen LogP contribution in [0.4, 0.5) is 18.9 Å². The van der Waals surface area contributed by atoms with Crippen molar-refractivity contribution in [2.45, 2.75) is 63.5 Å². The predicted octanol–water partition coefficient (Wildman–Crippen LogP) is 5.58. The molecule has 0 aromatic heterocycles. The molecule has 36 heavy (non-hydrogen) atoms. The van der Waals surface area contributed by atoms with E-state index in [0.717, 1.165) is 12.1 Å². The third-order valence-corrected chi connectivity index (χ3v) is 7.53. The molecule has 1 saturated carbocycles. The molecular weight excluding hydrogens is 469 g/mol. The number of halogens is 3. The zero-order chi connectivity index (χ0) is 25.8. The highest BCUT2D eigenvalue weighted by molar-refractivity contribution is 5.97. The summed E-state index contributed by atoms with van der Waals surface area (Å²) in [5.41, 5.74) is 0.0505. The molecule has 2 fully saturated rings. The number of rotatable bonds is 7. The van der Waals surface area contributed by atoms with Gasteiger partial charge < -0.3 is 9.64 Å². The number of carbonyl (C=O) groups excluding carboxylic acids is 2. The Balaban J connectivity index is 1.56. The lowest BCUT2D eigenvalue weighted by Gasteiger charge is -2.42. The van der Waals surface area contributed by atoms with Crippen molar-refractivity contribution in [2.75, 3.05) is 25.1 Å². The third-order valence-electron chi connectivity index (χ3n) is 7.53. The van der Waals surface area contributed by atoms with E-state index in [-0.39, 0.29) is 24.9 Å². The molecule has 8 heteroatoms. The zero-order valence-corrected chi connectivity index (χ0v) is 20.6. The fourth-order valence-corrected chi connectivity index (χ4v) is 5.57. The summed E-state index contributed by atoms with van der Waals surface area (Å²) >= 11 is 0. The van der Waals surface area contributed by atoms with E-state index < -0.39 is 41.5 Å². The third kappa shape index (κ3) is 5.91. The van der Waals surface area contributed by atoms with Crippen LogP contribution in [0.3, 0.4) is 0 Å². The Bertz CT molecular complexity index is 1060. The van der Waals surface area contributed by atoms with Crippen LogP contribution in [0.5, 0.6) is 0 Å². The number of piperidine rings is 1. The smallest absolute Gasteiger partial charge is 0.312 e. The van der Waals surface area contributed by atoms with Crippen LogP contribution >= 0.6 is 0 Å². The van der Waals surface area contributed by atoms with Gasteiger partial charge in [-0.2, -0.15) is 0 Å². The summed E-state index contributed by atoms with van der Waals surface area (Å²) < 4.78 is 48.6. The van der Waals surface area contributed by atoms with Gasteiger partial charge >= 0.3 is 5.97 Å². The Morgan fingerprint density at radius 3 is 2.33 bits per heavy atom. The molecule has 0 bridgehead atoms. The number of benzene rings is 2. The molecule has 1 amide bonds. The standard InChI is InChI=1S/C28H33F3N2O3/c1-36-26(35)27(14-16-32(17-15-27)20-21-8-3-2-4-9-21)19-25(34)33(24-12-6-5-11-23(24)29)22-10-7-13-28(30,31)18-22/h2-6,8-9,11-12,22H,7,10,13-20H2,1H3. The molecular formula is C28H33F3N2O3. The van der Waals surface area contributed by atoms with Crippen molar-refractivity contribution >= 4 is 17.6 Å². The number of esters is 1. The van der Waals surface area contributed by atoms with Crippen molar-refractivity contribution in [1.29, 1.82) is 0 Å². The van der Waals surface area contributed by atoms with E-state index in [1.54, 1.807) is 6.07 Å². The second-order valence-corrected chi connectivity index (χ2v) is 10.0. The zero-order valence-electron chi connectivity index (χ0n) is 20.6. The van der Waals surface area contributed by atoms with E-state index in [1.807, 2.05) is 30.3 Å². The lowest BCUT2D eigenvalue weighted by atomic mass is 9.74. The summed E-state index contributed by atoms with van der Waals surface area (Å²) in [4.78, 5) is 30.2. The van der Waals surface area contributed by atoms with Crippen LogP contribution in [0.25, 0.3) is 0 Å². The van der Waals surface area contributed by atoms with Gasteiger partial charge in [-0.05, 0) is 56.5 Å². The van der Waals surface area contributed by atoms with Gasteiger partial charge in [-0.25, -0.2) is 13.2 Å². The number of likely N-dealkylation sites (tertiary alicyclic amines) is 1.